The van der Waals surface area contributed by atoms with Gasteiger partial charge < -0.3 is 5.32 Å². The van der Waals surface area contributed by atoms with Gasteiger partial charge in [-0.1, -0.05) is 24.3 Å². The number of benzene rings is 2. The van der Waals surface area contributed by atoms with Crippen LogP contribution in [0, 0.1) is 6.92 Å². The first-order valence-electron chi connectivity index (χ1n) is 5.82. The Balaban J connectivity index is 2.04. The fourth-order valence-electron chi connectivity index (χ4n) is 1.72. The molecule has 0 aromatic heterocycles. The molecule has 0 radical (unpaired) electrons. The molecule has 0 atom stereocenters. The van der Waals surface area contributed by atoms with Gasteiger partial charge in [-0.25, -0.2) is 0 Å². The van der Waals surface area contributed by atoms with E-state index in [4.69, 9.17) is 0 Å². The maximum atomic E-state index is 3.61. The molecule has 0 bridgehead atoms. The Hall–Kier alpha value is -0.930. The molecule has 3 heteroatoms. The first kappa shape index (κ1) is 13.5. The number of thioether (sulfide) groups is 1. The summed E-state index contributed by atoms with van der Waals surface area (Å²) in [7, 11) is 0. The van der Waals surface area contributed by atoms with Gasteiger partial charge in [0.2, 0.25) is 0 Å². The van der Waals surface area contributed by atoms with Crippen molar-refractivity contribution in [1.82, 2.24) is 0 Å². The average molecular weight is 322 g/mol. The van der Waals surface area contributed by atoms with Gasteiger partial charge in [0, 0.05) is 21.6 Å². The Labute approximate surface area is 121 Å². The average Bonchev–Trinajstić information content (AvgIpc) is 2.41. The minimum Gasteiger partial charge on any atom is -0.380 e. The second kappa shape index (κ2) is 6.30. The molecule has 0 saturated heterocycles. The quantitative estimate of drug-likeness (QED) is 0.787. The fraction of sp³-hybridized carbons (Fsp3) is 0.200. The molecule has 2 aromatic carbocycles. The van der Waals surface area contributed by atoms with Crippen LogP contribution in [-0.4, -0.2) is 6.26 Å². The van der Waals surface area contributed by atoms with Crippen molar-refractivity contribution in [2.75, 3.05) is 11.6 Å². The van der Waals surface area contributed by atoms with E-state index in [9.17, 15) is 0 Å². The summed E-state index contributed by atoms with van der Waals surface area (Å²) >= 11 is 5.38. The molecule has 94 valence electrons. The van der Waals surface area contributed by atoms with Crippen molar-refractivity contribution >= 4 is 33.4 Å². The third kappa shape index (κ3) is 3.30. The third-order valence-electron chi connectivity index (χ3n) is 2.83. The Morgan fingerprint density at radius 2 is 1.83 bits per heavy atom. The van der Waals surface area contributed by atoms with E-state index in [0.717, 1.165) is 16.7 Å². The van der Waals surface area contributed by atoms with Gasteiger partial charge >= 0.3 is 0 Å². The van der Waals surface area contributed by atoms with Crippen LogP contribution in [0.2, 0.25) is 0 Å². The van der Waals surface area contributed by atoms with Crippen molar-refractivity contribution in [3.63, 3.8) is 0 Å². The number of aryl methyl sites for hydroxylation is 1. The summed E-state index contributed by atoms with van der Waals surface area (Å²) in [4.78, 5) is 1.30. The molecule has 1 nitrogen and oxygen atoms in total. The second-order valence-electron chi connectivity index (χ2n) is 4.14. The molecule has 0 heterocycles. The Bertz CT molecular complexity index is 523. The molecule has 18 heavy (non-hydrogen) atoms. The highest BCUT2D eigenvalue weighted by molar-refractivity contribution is 9.10. The molecule has 0 aliphatic heterocycles. The maximum absolute atomic E-state index is 3.61. The van der Waals surface area contributed by atoms with E-state index in [1.54, 1.807) is 11.8 Å². The van der Waals surface area contributed by atoms with E-state index in [1.807, 2.05) is 0 Å². The Kier molecular flexibility index (Phi) is 4.72. The van der Waals surface area contributed by atoms with Crippen LogP contribution in [-0.2, 0) is 6.54 Å². The molecule has 0 amide bonds. The number of nitrogens with one attached hydrogen (secondary N) is 1. The zero-order chi connectivity index (χ0) is 13.0. The maximum Gasteiger partial charge on any atom is 0.0490 e. The molecule has 0 unspecified atom stereocenters. The van der Waals surface area contributed by atoms with Crippen LogP contribution in [0.4, 0.5) is 5.69 Å². The van der Waals surface area contributed by atoms with Gasteiger partial charge in [0.15, 0.2) is 0 Å². The molecule has 0 aliphatic carbocycles. The molecular formula is C15H16BrNS. The molecule has 2 rings (SSSR count). The van der Waals surface area contributed by atoms with E-state index >= 15 is 0 Å². The van der Waals surface area contributed by atoms with Crippen LogP contribution in [0.5, 0.6) is 0 Å². The van der Waals surface area contributed by atoms with Gasteiger partial charge in [0.05, 0.1) is 0 Å². The topological polar surface area (TPSA) is 12.0 Å². The zero-order valence-electron chi connectivity index (χ0n) is 10.5. The summed E-state index contributed by atoms with van der Waals surface area (Å²) < 4.78 is 1.14. The summed E-state index contributed by atoms with van der Waals surface area (Å²) in [5.74, 6) is 0. The lowest BCUT2D eigenvalue weighted by Crippen LogP contribution is -2.00. The molecule has 0 aliphatic rings. The van der Waals surface area contributed by atoms with Crippen LogP contribution < -0.4 is 5.32 Å². The molecule has 0 spiro atoms. The van der Waals surface area contributed by atoms with E-state index in [2.05, 4.69) is 76.9 Å². The standard InChI is InChI=1S/C15H16BrNS/c1-11-4-3-5-14(15(11)16)17-10-12-6-8-13(18-2)9-7-12/h3-9,17H,10H2,1-2H3. The van der Waals surface area contributed by atoms with E-state index in [0.29, 0.717) is 0 Å². The lowest BCUT2D eigenvalue weighted by atomic mass is 10.2. The lowest BCUT2D eigenvalue weighted by molar-refractivity contribution is 1.13. The molecule has 0 fully saturated rings. The van der Waals surface area contributed by atoms with Gasteiger partial charge in [-0.15, -0.1) is 11.8 Å². The van der Waals surface area contributed by atoms with Crippen molar-refractivity contribution < 1.29 is 0 Å². The normalized spacial score (nSPS) is 10.4. The van der Waals surface area contributed by atoms with Crippen LogP contribution >= 0.6 is 27.7 Å². The van der Waals surface area contributed by atoms with Crippen molar-refractivity contribution in [2.45, 2.75) is 18.4 Å². The highest BCUT2D eigenvalue weighted by Crippen LogP contribution is 2.26. The minimum absolute atomic E-state index is 0.844. The smallest absolute Gasteiger partial charge is 0.0490 e. The van der Waals surface area contributed by atoms with Crippen molar-refractivity contribution in [3.05, 3.63) is 58.1 Å². The van der Waals surface area contributed by atoms with Gasteiger partial charge in [-0.3, -0.25) is 0 Å². The SMILES string of the molecule is CSc1ccc(CNc2cccc(C)c2Br)cc1. The van der Waals surface area contributed by atoms with Gasteiger partial charge in [0.1, 0.15) is 0 Å². The summed E-state index contributed by atoms with van der Waals surface area (Å²) in [5.41, 5.74) is 3.68. The number of hydrogen-bond acceptors (Lipinski definition) is 2. The minimum atomic E-state index is 0.844. The Morgan fingerprint density at radius 3 is 2.50 bits per heavy atom. The fourth-order valence-corrected chi connectivity index (χ4v) is 2.54. The summed E-state index contributed by atoms with van der Waals surface area (Å²) in [5, 5.41) is 3.45. The highest BCUT2D eigenvalue weighted by atomic mass is 79.9. The number of hydrogen-bond donors (Lipinski definition) is 1. The zero-order valence-corrected chi connectivity index (χ0v) is 12.9. The van der Waals surface area contributed by atoms with Gasteiger partial charge in [-0.05, 0) is 58.4 Å². The van der Waals surface area contributed by atoms with Crippen molar-refractivity contribution in [2.24, 2.45) is 0 Å². The van der Waals surface area contributed by atoms with Crippen molar-refractivity contribution in [3.8, 4) is 0 Å². The molecule has 0 saturated carbocycles. The predicted molar refractivity (Wildman–Crippen MR) is 84.4 cm³/mol. The molecule has 2 aromatic rings. The van der Waals surface area contributed by atoms with Crippen LogP contribution in [0.3, 0.4) is 0 Å². The molecular weight excluding hydrogens is 306 g/mol. The number of rotatable bonds is 4. The van der Waals surface area contributed by atoms with Crippen molar-refractivity contribution in [1.29, 1.82) is 0 Å². The third-order valence-corrected chi connectivity index (χ3v) is 4.63. The first-order chi connectivity index (χ1) is 8.70. The summed E-state index contributed by atoms with van der Waals surface area (Å²) in [6.45, 7) is 2.94. The predicted octanol–water partition coefficient (Wildman–Crippen LogP) is 5.09. The second-order valence-corrected chi connectivity index (χ2v) is 5.81. The van der Waals surface area contributed by atoms with Gasteiger partial charge in [0.25, 0.3) is 0 Å². The lowest BCUT2D eigenvalue weighted by Gasteiger charge is -2.10. The van der Waals surface area contributed by atoms with Crippen LogP contribution in [0.15, 0.2) is 51.8 Å². The van der Waals surface area contributed by atoms with E-state index < -0.39 is 0 Å². The number of anilines is 1. The Morgan fingerprint density at radius 1 is 1.11 bits per heavy atom. The number of halogens is 1. The summed E-state index contributed by atoms with van der Waals surface area (Å²) in [6.07, 6.45) is 2.09. The molecule has 1 N–H and O–H groups in total. The van der Waals surface area contributed by atoms with Gasteiger partial charge in [-0.2, -0.15) is 0 Å². The monoisotopic (exact) mass is 321 g/mol. The van der Waals surface area contributed by atoms with E-state index in [1.165, 1.54) is 16.0 Å². The summed E-state index contributed by atoms with van der Waals surface area (Å²) in [6, 6.07) is 14.9. The first-order valence-corrected chi connectivity index (χ1v) is 7.84. The largest absolute Gasteiger partial charge is 0.380 e. The van der Waals surface area contributed by atoms with E-state index in [-0.39, 0.29) is 0 Å². The van der Waals surface area contributed by atoms with Crippen LogP contribution in [0.1, 0.15) is 11.1 Å². The highest BCUT2D eigenvalue weighted by Gasteiger charge is 2.01. The van der Waals surface area contributed by atoms with Crippen LogP contribution in [0.25, 0.3) is 0 Å².